The Morgan fingerprint density at radius 3 is 2.89 bits per heavy atom. The molecule has 27 heavy (non-hydrogen) atoms. The number of nitrogens with zero attached hydrogens (tertiary/aromatic N) is 1. The fraction of sp³-hybridized carbons (Fsp3) is 0.632. The summed E-state index contributed by atoms with van der Waals surface area (Å²) in [6.45, 7) is 2.46. The van der Waals surface area contributed by atoms with Crippen molar-refractivity contribution in [2.75, 3.05) is 20.3 Å². The Morgan fingerprint density at radius 1 is 1.33 bits per heavy atom. The van der Waals surface area contributed by atoms with E-state index in [1.165, 1.54) is 19.4 Å². The van der Waals surface area contributed by atoms with E-state index in [1.807, 2.05) is 6.92 Å². The summed E-state index contributed by atoms with van der Waals surface area (Å²) in [5.41, 5.74) is -0.219. The van der Waals surface area contributed by atoms with Crippen LogP contribution in [0.1, 0.15) is 43.1 Å². The van der Waals surface area contributed by atoms with Gasteiger partial charge in [0.15, 0.2) is 23.2 Å². The number of nitrogens with one attached hydrogen (secondary N) is 1. The third-order valence-corrected chi connectivity index (χ3v) is 5.40. The van der Waals surface area contributed by atoms with Crippen LogP contribution < -0.4 is 10.1 Å². The molecule has 1 amide bonds. The minimum Gasteiger partial charge on any atom is -0.503 e. The van der Waals surface area contributed by atoms with Crippen LogP contribution in [0, 0.1) is 11.8 Å². The molecule has 1 aliphatic carbocycles. The maximum Gasteiger partial charge on any atom is 0.331 e. The van der Waals surface area contributed by atoms with E-state index in [0.717, 1.165) is 25.7 Å². The number of hydrogen-bond donors (Lipinski definition) is 2. The molecule has 1 saturated heterocycles. The molecule has 2 N–H and O–H groups in total. The van der Waals surface area contributed by atoms with Crippen LogP contribution in [0.25, 0.3) is 0 Å². The van der Waals surface area contributed by atoms with Gasteiger partial charge in [-0.3, -0.25) is 4.79 Å². The van der Waals surface area contributed by atoms with E-state index >= 15 is 0 Å². The normalized spacial score (nSPS) is 28.7. The second-order valence-corrected chi connectivity index (χ2v) is 7.12. The summed E-state index contributed by atoms with van der Waals surface area (Å²) in [5.74, 6) is -0.845. The molecule has 2 heterocycles. The van der Waals surface area contributed by atoms with Gasteiger partial charge < -0.3 is 24.6 Å². The topological polar surface area (TPSA) is 107 Å². The number of aromatic nitrogens is 1. The van der Waals surface area contributed by atoms with Gasteiger partial charge in [0.2, 0.25) is 0 Å². The molecule has 1 aromatic heterocycles. The molecule has 3 rings (SSSR count). The Kier molecular flexibility index (Phi) is 6.15. The molecule has 0 bridgehead atoms. The number of fused-ring (bicyclic) bond motifs is 1. The van der Waals surface area contributed by atoms with Crippen LogP contribution in [0.5, 0.6) is 11.5 Å². The van der Waals surface area contributed by atoms with Crippen molar-refractivity contribution < 1.29 is 28.9 Å². The lowest BCUT2D eigenvalue weighted by Gasteiger charge is -2.34. The molecule has 8 heteroatoms. The number of methoxy groups -OCH3 is 1. The van der Waals surface area contributed by atoms with Gasteiger partial charge in [0, 0.05) is 24.8 Å². The van der Waals surface area contributed by atoms with Gasteiger partial charge in [0.25, 0.3) is 5.91 Å². The number of carbonyl (C=O) groups is 2. The number of amides is 1. The van der Waals surface area contributed by atoms with Crippen LogP contribution in [0.3, 0.4) is 0 Å². The summed E-state index contributed by atoms with van der Waals surface area (Å²) in [7, 11) is 1.38. The quantitative estimate of drug-likeness (QED) is 0.770. The van der Waals surface area contributed by atoms with Crippen LogP contribution in [-0.2, 0) is 14.3 Å². The van der Waals surface area contributed by atoms with Gasteiger partial charge in [0.1, 0.15) is 6.10 Å². The zero-order valence-corrected chi connectivity index (χ0v) is 15.6. The molecular weight excluding hydrogens is 352 g/mol. The van der Waals surface area contributed by atoms with Crippen LogP contribution in [0.2, 0.25) is 0 Å². The first-order valence-corrected chi connectivity index (χ1v) is 9.32. The number of carbonyl (C=O) groups excluding carboxylic acids is 2. The third kappa shape index (κ3) is 4.32. The maximum absolute atomic E-state index is 12.6. The van der Waals surface area contributed by atoms with Crippen molar-refractivity contribution in [3.63, 3.8) is 0 Å². The molecule has 2 aliphatic rings. The second kappa shape index (κ2) is 8.56. The SMILES string of the molecule is COc1ccnc(C(=O)N[C@H]2COC[C@@H]3CCCC[C@H]3[C@H](C)OC2=O)c1O. The largest absolute Gasteiger partial charge is 0.503 e. The Labute approximate surface area is 158 Å². The lowest BCUT2D eigenvalue weighted by atomic mass is 9.77. The molecular formula is C19H26N2O6. The van der Waals surface area contributed by atoms with Crippen molar-refractivity contribution in [3.8, 4) is 11.5 Å². The zero-order chi connectivity index (χ0) is 19.4. The number of rotatable bonds is 3. The molecule has 0 aromatic carbocycles. The van der Waals surface area contributed by atoms with E-state index in [0.29, 0.717) is 12.5 Å². The first-order valence-electron chi connectivity index (χ1n) is 9.32. The highest BCUT2D eigenvalue weighted by atomic mass is 16.6. The van der Waals surface area contributed by atoms with Gasteiger partial charge in [-0.2, -0.15) is 0 Å². The fourth-order valence-corrected chi connectivity index (χ4v) is 3.91. The highest BCUT2D eigenvalue weighted by molar-refractivity contribution is 5.98. The third-order valence-electron chi connectivity index (χ3n) is 5.40. The fourth-order valence-electron chi connectivity index (χ4n) is 3.91. The highest BCUT2D eigenvalue weighted by Crippen LogP contribution is 2.34. The number of aromatic hydroxyl groups is 1. The van der Waals surface area contributed by atoms with Crippen molar-refractivity contribution in [3.05, 3.63) is 18.0 Å². The summed E-state index contributed by atoms with van der Waals surface area (Å²) < 4.78 is 16.3. The van der Waals surface area contributed by atoms with Gasteiger partial charge in [-0.15, -0.1) is 0 Å². The van der Waals surface area contributed by atoms with E-state index < -0.39 is 17.9 Å². The van der Waals surface area contributed by atoms with Crippen LogP contribution in [0.4, 0.5) is 0 Å². The highest BCUT2D eigenvalue weighted by Gasteiger charge is 2.36. The van der Waals surface area contributed by atoms with Crippen molar-refractivity contribution >= 4 is 11.9 Å². The Morgan fingerprint density at radius 2 is 2.11 bits per heavy atom. The molecule has 8 nitrogen and oxygen atoms in total. The minimum atomic E-state index is -0.965. The predicted octanol–water partition coefficient (Wildman–Crippen LogP) is 1.66. The second-order valence-electron chi connectivity index (χ2n) is 7.12. The lowest BCUT2D eigenvalue weighted by molar-refractivity contribution is -0.154. The smallest absolute Gasteiger partial charge is 0.331 e. The number of esters is 1. The molecule has 2 fully saturated rings. The molecule has 4 atom stereocenters. The van der Waals surface area contributed by atoms with Crippen molar-refractivity contribution in [1.29, 1.82) is 0 Å². The van der Waals surface area contributed by atoms with E-state index in [-0.39, 0.29) is 35.8 Å². The molecule has 1 aliphatic heterocycles. The molecule has 1 aromatic rings. The zero-order valence-electron chi connectivity index (χ0n) is 15.6. The minimum absolute atomic E-state index is 0.0191. The molecule has 0 spiro atoms. The van der Waals surface area contributed by atoms with Crippen molar-refractivity contribution in [2.24, 2.45) is 11.8 Å². The number of hydrogen-bond acceptors (Lipinski definition) is 7. The predicted molar refractivity (Wildman–Crippen MR) is 95.5 cm³/mol. The van der Waals surface area contributed by atoms with Gasteiger partial charge in [-0.1, -0.05) is 12.8 Å². The van der Waals surface area contributed by atoms with E-state index in [9.17, 15) is 14.7 Å². The van der Waals surface area contributed by atoms with E-state index in [2.05, 4.69) is 10.3 Å². The summed E-state index contributed by atoms with van der Waals surface area (Å²) in [6, 6.07) is 0.472. The molecule has 1 saturated carbocycles. The van der Waals surface area contributed by atoms with E-state index in [1.54, 1.807) is 0 Å². The Bertz CT molecular complexity index is 695. The average molecular weight is 378 g/mol. The van der Waals surface area contributed by atoms with Crippen LogP contribution >= 0.6 is 0 Å². The molecule has 148 valence electrons. The Hall–Kier alpha value is -2.35. The number of ether oxygens (including phenoxy) is 3. The summed E-state index contributed by atoms with van der Waals surface area (Å²) in [6.07, 6.45) is 5.48. The monoisotopic (exact) mass is 378 g/mol. The van der Waals surface area contributed by atoms with E-state index in [4.69, 9.17) is 14.2 Å². The summed E-state index contributed by atoms with van der Waals surface area (Å²) in [5, 5.41) is 12.6. The summed E-state index contributed by atoms with van der Waals surface area (Å²) in [4.78, 5) is 28.9. The molecule has 0 radical (unpaired) electrons. The first-order chi connectivity index (χ1) is 13.0. The van der Waals surface area contributed by atoms with Gasteiger partial charge in [-0.25, -0.2) is 9.78 Å². The van der Waals surface area contributed by atoms with Crippen LogP contribution in [-0.4, -0.2) is 54.4 Å². The van der Waals surface area contributed by atoms with Crippen molar-refractivity contribution in [1.82, 2.24) is 10.3 Å². The maximum atomic E-state index is 12.6. The van der Waals surface area contributed by atoms with Crippen molar-refractivity contribution in [2.45, 2.75) is 44.8 Å². The lowest BCUT2D eigenvalue weighted by Crippen LogP contribution is -2.46. The Balaban J connectivity index is 1.72. The first kappa shape index (κ1) is 19.4. The average Bonchev–Trinajstić information content (AvgIpc) is 2.72. The van der Waals surface area contributed by atoms with Gasteiger partial charge in [-0.05, 0) is 25.7 Å². The number of pyridine rings is 1. The number of cyclic esters (lactones) is 1. The van der Waals surface area contributed by atoms with Crippen LogP contribution in [0.15, 0.2) is 12.3 Å². The van der Waals surface area contributed by atoms with Gasteiger partial charge in [0.05, 0.1) is 13.7 Å². The molecule has 0 unspecified atom stereocenters. The standard InChI is InChI=1S/C19H26N2O6/c1-11-13-6-4-3-5-12(13)9-26-10-14(19(24)27-11)21-18(23)16-17(22)15(25-2)7-8-20-16/h7-8,11-14,22H,3-6,9-10H2,1-2H3,(H,21,23)/t11-,12-,13-,14-/m0/s1. The van der Waals surface area contributed by atoms with Gasteiger partial charge >= 0.3 is 5.97 Å². The summed E-state index contributed by atoms with van der Waals surface area (Å²) >= 11 is 0.